The molecule has 1 heterocycles. The van der Waals surface area contributed by atoms with Crippen molar-refractivity contribution < 1.29 is 4.79 Å². The zero-order valence-electron chi connectivity index (χ0n) is 14.6. The number of para-hydroxylation sites is 1. The first kappa shape index (κ1) is 17.8. The maximum absolute atomic E-state index is 12.2. The zero-order valence-corrected chi connectivity index (χ0v) is 14.6. The lowest BCUT2D eigenvalue weighted by Gasteiger charge is -2.37. The van der Waals surface area contributed by atoms with Crippen molar-refractivity contribution in [2.24, 2.45) is 11.7 Å². The highest BCUT2D eigenvalue weighted by atomic mass is 16.2. The molecule has 128 valence electrons. The fourth-order valence-electron chi connectivity index (χ4n) is 2.84. The SMILES string of the molecule is CC(N)C(C)C(=O)N(C)CCN1CCN(c2ccccc2)CC1. The normalized spacial score (nSPS) is 18.5. The quantitative estimate of drug-likeness (QED) is 0.858. The Bertz CT molecular complexity index is 483. The lowest BCUT2D eigenvalue weighted by molar-refractivity contribution is -0.134. The van der Waals surface area contributed by atoms with E-state index in [-0.39, 0.29) is 17.9 Å². The van der Waals surface area contributed by atoms with Crippen LogP contribution in [0.15, 0.2) is 30.3 Å². The first-order chi connectivity index (χ1) is 11.0. The molecule has 2 N–H and O–H groups in total. The van der Waals surface area contributed by atoms with Gasteiger partial charge in [-0.25, -0.2) is 0 Å². The summed E-state index contributed by atoms with van der Waals surface area (Å²) in [7, 11) is 1.88. The number of carbonyl (C=O) groups is 1. The average molecular weight is 318 g/mol. The third-order valence-corrected chi connectivity index (χ3v) is 4.80. The summed E-state index contributed by atoms with van der Waals surface area (Å²) < 4.78 is 0. The molecule has 1 aromatic rings. The van der Waals surface area contributed by atoms with E-state index in [1.54, 1.807) is 0 Å². The van der Waals surface area contributed by atoms with Crippen LogP contribution in [0, 0.1) is 5.92 Å². The van der Waals surface area contributed by atoms with E-state index in [1.807, 2.05) is 25.8 Å². The van der Waals surface area contributed by atoms with E-state index in [4.69, 9.17) is 5.73 Å². The summed E-state index contributed by atoms with van der Waals surface area (Å²) in [5.41, 5.74) is 7.12. The number of anilines is 1. The molecule has 0 bridgehead atoms. The van der Waals surface area contributed by atoms with Gasteiger partial charge < -0.3 is 15.5 Å². The number of nitrogens with two attached hydrogens (primary N) is 1. The highest BCUT2D eigenvalue weighted by molar-refractivity contribution is 5.78. The minimum atomic E-state index is -0.116. The molecule has 23 heavy (non-hydrogen) atoms. The summed E-state index contributed by atoms with van der Waals surface area (Å²) >= 11 is 0. The van der Waals surface area contributed by atoms with Crippen LogP contribution in [0.1, 0.15) is 13.8 Å². The molecule has 1 amide bonds. The van der Waals surface area contributed by atoms with Gasteiger partial charge in [-0.05, 0) is 19.1 Å². The van der Waals surface area contributed by atoms with Gasteiger partial charge >= 0.3 is 0 Å². The fraction of sp³-hybridized carbons (Fsp3) is 0.611. The van der Waals surface area contributed by atoms with Gasteiger partial charge in [0.15, 0.2) is 0 Å². The van der Waals surface area contributed by atoms with Crippen molar-refractivity contribution >= 4 is 11.6 Å². The van der Waals surface area contributed by atoms with Crippen LogP contribution in [0.3, 0.4) is 0 Å². The smallest absolute Gasteiger partial charge is 0.226 e. The van der Waals surface area contributed by atoms with Crippen molar-refractivity contribution in [1.82, 2.24) is 9.80 Å². The molecule has 0 aliphatic carbocycles. The maximum Gasteiger partial charge on any atom is 0.226 e. The van der Waals surface area contributed by atoms with E-state index < -0.39 is 0 Å². The average Bonchev–Trinajstić information content (AvgIpc) is 2.59. The summed E-state index contributed by atoms with van der Waals surface area (Å²) in [5, 5.41) is 0. The second kappa shape index (κ2) is 8.31. The highest BCUT2D eigenvalue weighted by Gasteiger charge is 2.22. The highest BCUT2D eigenvalue weighted by Crippen LogP contribution is 2.15. The number of nitrogens with zero attached hydrogens (tertiary/aromatic N) is 3. The predicted molar refractivity (Wildman–Crippen MR) is 95.5 cm³/mol. The van der Waals surface area contributed by atoms with Crippen molar-refractivity contribution in [1.29, 1.82) is 0 Å². The lowest BCUT2D eigenvalue weighted by atomic mass is 10.0. The van der Waals surface area contributed by atoms with E-state index in [2.05, 4.69) is 40.1 Å². The van der Waals surface area contributed by atoms with Crippen molar-refractivity contribution in [2.75, 3.05) is 51.2 Å². The summed E-state index contributed by atoms with van der Waals surface area (Å²) in [5.74, 6) is 0.0258. The minimum Gasteiger partial charge on any atom is -0.369 e. The van der Waals surface area contributed by atoms with Gasteiger partial charge in [0.1, 0.15) is 0 Å². The van der Waals surface area contributed by atoms with E-state index >= 15 is 0 Å². The Kier molecular flexibility index (Phi) is 6.42. The number of likely N-dealkylation sites (N-methyl/N-ethyl adjacent to an activating group) is 1. The first-order valence-electron chi connectivity index (χ1n) is 8.52. The Labute approximate surface area is 140 Å². The van der Waals surface area contributed by atoms with Gasteiger partial charge in [0.25, 0.3) is 0 Å². The second-order valence-corrected chi connectivity index (χ2v) is 6.57. The van der Waals surface area contributed by atoms with Gasteiger partial charge in [-0.3, -0.25) is 9.69 Å². The van der Waals surface area contributed by atoms with E-state index in [1.165, 1.54) is 5.69 Å². The maximum atomic E-state index is 12.2. The summed E-state index contributed by atoms with van der Waals surface area (Å²) in [6, 6.07) is 10.5. The monoisotopic (exact) mass is 318 g/mol. The number of piperazine rings is 1. The second-order valence-electron chi connectivity index (χ2n) is 6.57. The molecule has 1 fully saturated rings. The Hall–Kier alpha value is -1.59. The van der Waals surface area contributed by atoms with Gasteiger partial charge in [-0.15, -0.1) is 0 Å². The zero-order chi connectivity index (χ0) is 16.8. The molecule has 5 nitrogen and oxygen atoms in total. The Morgan fingerprint density at radius 1 is 1.17 bits per heavy atom. The van der Waals surface area contributed by atoms with E-state index in [9.17, 15) is 4.79 Å². The van der Waals surface area contributed by atoms with Gasteiger partial charge in [0.05, 0.1) is 5.92 Å². The van der Waals surface area contributed by atoms with Gasteiger partial charge in [0.2, 0.25) is 5.91 Å². The summed E-state index contributed by atoms with van der Waals surface area (Å²) in [6.07, 6.45) is 0. The molecule has 5 heteroatoms. The molecule has 2 atom stereocenters. The van der Waals surface area contributed by atoms with Crippen LogP contribution in [0.5, 0.6) is 0 Å². The molecule has 0 saturated carbocycles. The number of rotatable bonds is 6. The molecule has 2 unspecified atom stereocenters. The van der Waals surface area contributed by atoms with Crippen LogP contribution in [0.25, 0.3) is 0 Å². The third-order valence-electron chi connectivity index (χ3n) is 4.80. The lowest BCUT2D eigenvalue weighted by Crippen LogP contribution is -2.49. The third kappa shape index (κ3) is 4.94. The topological polar surface area (TPSA) is 52.8 Å². The molecule has 2 rings (SSSR count). The standard InChI is InChI=1S/C18H30N4O/c1-15(16(2)19)18(23)20(3)9-10-21-11-13-22(14-12-21)17-7-5-4-6-8-17/h4-8,15-16H,9-14,19H2,1-3H3. The van der Waals surface area contributed by atoms with Crippen molar-refractivity contribution in [3.05, 3.63) is 30.3 Å². The number of amides is 1. The van der Waals surface area contributed by atoms with Crippen LogP contribution in [-0.2, 0) is 4.79 Å². The Morgan fingerprint density at radius 3 is 2.35 bits per heavy atom. The minimum absolute atomic E-state index is 0.0978. The molecule has 1 saturated heterocycles. The molecular weight excluding hydrogens is 288 g/mol. The van der Waals surface area contributed by atoms with Crippen molar-refractivity contribution in [3.8, 4) is 0 Å². The largest absolute Gasteiger partial charge is 0.369 e. The number of benzene rings is 1. The van der Waals surface area contributed by atoms with Crippen LogP contribution in [0.2, 0.25) is 0 Å². The predicted octanol–water partition coefficient (Wildman–Crippen LogP) is 1.25. The summed E-state index contributed by atoms with van der Waals surface area (Å²) in [6.45, 7) is 9.65. The molecule has 0 aromatic heterocycles. The Morgan fingerprint density at radius 2 is 1.78 bits per heavy atom. The number of hydrogen-bond donors (Lipinski definition) is 1. The van der Waals surface area contributed by atoms with Crippen LogP contribution < -0.4 is 10.6 Å². The van der Waals surface area contributed by atoms with Crippen LogP contribution >= 0.6 is 0 Å². The molecule has 0 spiro atoms. The summed E-state index contributed by atoms with van der Waals surface area (Å²) in [4.78, 5) is 18.9. The Balaban J connectivity index is 1.73. The van der Waals surface area contributed by atoms with Gasteiger partial charge in [-0.1, -0.05) is 25.1 Å². The van der Waals surface area contributed by atoms with Crippen LogP contribution in [-0.4, -0.2) is 68.1 Å². The first-order valence-corrected chi connectivity index (χ1v) is 8.52. The van der Waals surface area contributed by atoms with Gasteiger partial charge in [-0.2, -0.15) is 0 Å². The van der Waals surface area contributed by atoms with Crippen molar-refractivity contribution in [3.63, 3.8) is 0 Å². The number of hydrogen-bond acceptors (Lipinski definition) is 4. The molecule has 1 aliphatic rings. The molecular formula is C18H30N4O. The van der Waals surface area contributed by atoms with Gasteiger partial charge in [0, 0.05) is 58.0 Å². The molecule has 0 radical (unpaired) electrons. The fourth-order valence-corrected chi connectivity index (χ4v) is 2.84. The van der Waals surface area contributed by atoms with E-state index in [0.717, 1.165) is 39.3 Å². The van der Waals surface area contributed by atoms with Crippen molar-refractivity contribution in [2.45, 2.75) is 19.9 Å². The molecule has 1 aromatic carbocycles. The molecule has 1 aliphatic heterocycles. The van der Waals surface area contributed by atoms with E-state index in [0.29, 0.717) is 0 Å². The van der Waals surface area contributed by atoms with Crippen LogP contribution in [0.4, 0.5) is 5.69 Å². The number of carbonyl (C=O) groups excluding carboxylic acids is 1.